The van der Waals surface area contributed by atoms with Crippen molar-refractivity contribution in [3.05, 3.63) is 42.2 Å². The molecule has 0 saturated heterocycles. The molecule has 2 heterocycles. The van der Waals surface area contributed by atoms with Gasteiger partial charge >= 0.3 is 0 Å². The molecule has 0 atom stereocenters. The molecule has 3 aromatic rings. The second kappa shape index (κ2) is 6.84. The summed E-state index contributed by atoms with van der Waals surface area (Å²) in [4.78, 5) is 4.85. The van der Waals surface area contributed by atoms with E-state index in [0.717, 1.165) is 54.1 Å². The molecule has 26 heavy (non-hydrogen) atoms. The van der Waals surface area contributed by atoms with Crippen molar-refractivity contribution in [3.8, 4) is 5.75 Å². The number of nitrogens with two attached hydrogens (primary N) is 2. The first-order chi connectivity index (χ1) is 12.6. The van der Waals surface area contributed by atoms with Crippen LogP contribution in [-0.4, -0.2) is 27.7 Å². The lowest BCUT2D eigenvalue weighted by molar-refractivity contribution is 0.391. The van der Waals surface area contributed by atoms with Gasteiger partial charge in [0.15, 0.2) is 5.65 Å². The van der Waals surface area contributed by atoms with Gasteiger partial charge in [0, 0.05) is 29.8 Å². The molecule has 0 radical (unpaired) electrons. The number of benzene rings is 1. The van der Waals surface area contributed by atoms with Gasteiger partial charge in [0.05, 0.1) is 24.7 Å². The van der Waals surface area contributed by atoms with Crippen LogP contribution in [0, 0.1) is 0 Å². The highest BCUT2D eigenvalue weighted by atomic mass is 16.5. The molecule has 0 unspecified atom stereocenters. The Hall–Kier alpha value is -2.80. The number of aromatic nitrogens is 3. The SMILES string of the molecule is COc1cccc(Nc2cc(N)nn3cc(C4CCC(N)CC4)nc23)c1. The fourth-order valence-corrected chi connectivity index (χ4v) is 3.57. The number of fused-ring (bicyclic) bond motifs is 1. The fraction of sp³-hybridized carbons (Fsp3) is 0.368. The van der Waals surface area contributed by atoms with E-state index in [9.17, 15) is 0 Å². The molecule has 0 bridgehead atoms. The van der Waals surface area contributed by atoms with Gasteiger partial charge in [-0.1, -0.05) is 6.07 Å². The normalized spacial score (nSPS) is 20.2. The first-order valence-electron chi connectivity index (χ1n) is 8.95. The number of nitrogens with one attached hydrogen (secondary N) is 1. The van der Waals surface area contributed by atoms with Gasteiger partial charge in [-0.2, -0.15) is 0 Å². The van der Waals surface area contributed by atoms with E-state index in [0.29, 0.717) is 17.8 Å². The number of nitrogen functional groups attached to an aromatic ring is 1. The standard InChI is InChI=1S/C19H24N6O/c1-26-15-4-2-3-14(9-15)22-16-10-18(21)24-25-11-17(23-19(16)25)12-5-7-13(20)8-6-12/h2-4,9-13,22H,5-8,20H2,1H3,(H2,21,24). The van der Waals surface area contributed by atoms with Crippen molar-refractivity contribution < 1.29 is 4.74 Å². The summed E-state index contributed by atoms with van der Waals surface area (Å²) in [5.41, 5.74) is 15.6. The minimum absolute atomic E-state index is 0.322. The van der Waals surface area contributed by atoms with Crippen LogP contribution in [0.1, 0.15) is 37.3 Å². The van der Waals surface area contributed by atoms with E-state index in [4.69, 9.17) is 21.2 Å². The van der Waals surface area contributed by atoms with Crippen LogP contribution in [-0.2, 0) is 0 Å². The Kier molecular flexibility index (Phi) is 4.38. The summed E-state index contributed by atoms with van der Waals surface area (Å²) in [6, 6.07) is 9.88. The number of hydrogen-bond donors (Lipinski definition) is 3. The van der Waals surface area contributed by atoms with Crippen LogP contribution in [0.3, 0.4) is 0 Å². The first-order valence-corrected chi connectivity index (χ1v) is 8.95. The van der Waals surface area contributed by atoms with E-state index in [1.54, 1.807) is 11.6 Å². The lowest BCUT2D eigenvalue weighted by Gasteiger charge is -2.24. The van der Waals surface area contributed by atoms with Crippen LogP contribution in [0.25, 0.3) is 5.65 Å². The molecule has 0 spiro atoms. The Morgan fingerprint density at radius 1 is 1.19 bits per heavy atom. The molecule has 1 fully saturated rings. The monoisotopic (exact) mass is 352 g/mol. The molecule has 2 aromatic heterocycles. The third-order valence-electron chi connectivity index (χ3n) is 5.00. The van der Waals surface area contributed by atoms with Gasteiger partial charge in [-0.05, 0) is 37.8 Å². The Morgan fingerprint density at radius 2 is 2.00 bits per heavy atom. The second-order valence-corrected chi connectivity index (χ2v) is 6.89. The minimum Gasteiger partial charge on any atom is -0.497 e. The number of nitrogens with zero attached hydrogens (tertiary/aromatic N) is 3. The third-order valence-corrected chi connectivity index (χ3v) is 5.00. The molecule has 136 valence electrons. The van der Waals surface area contributed by atoms with Gasteiger partial charge in [-0.15, -0.1) is 5.10 Å². The van der Waals surface area contributed by atoms with Crippen molar-refractivity contribution in [3.63, 3.8) is 0 Å². The van der Waals surface area contributed by atoms with Crippen molar-refractivity contribution in [2.45, 2.75) is 37.6 Å². The number of imidazole rings is 1. The Labute approximate surface area is 152 Å². The van der Waals surface area contributed by atoms with Crippen LogP contribution in [0.15, 0.2) is 36.5 Å². The maximum absolute atomic E-state index is 6.03. The molecular weight excluding hydrogens is 328 g/mol. The maximum Gasteiger partial charge on any atom is 0.177 e. The summed E-state index contributed by atoms with van der Waals surface area (Å²) >= 11 is 0. The van der Waals surface area contributed by atoms with Gasteiger partial charge in [0.1, 0.15) is 11.6 Å². The predicted octanol–water partition coefficient (Wildman–Crippen LogP) is 3.05. The topological polar surface area (TPSA) is 103 Å². The molecule has 5 N–H and O–H groups in total. The van der Waals surface area contributed by atoms with Crippen molar-refractivity contribution in [2.75, 3.05) is 18.2 Å². The van der Waals surface area contributed by atoms with Gasteiger partial charge < -0.3 is 21.5 Å². The van der Waals surface area contributed by atoms with E-state index >= 15 is 0 Å². The number of rotatable bonds is 4. The highest BCUT2D eigenvalue weighted by Gasteiger charge is 2.23. The zero-order valence-corrected chi connectivity index (χ0v) is 14.9. The Balaban J connectivity index is 1.67. The van der Waals surface area contributed by atoms with Gasteiger partial charge in [-0.3, -0.25) is 0 Å². The third kappa shape index (κ3) is 3.30. The zero-order valence-electron chi connectivity index (χ0n) is 14.9. The van der Waals surface area contributed by atoms with E-state index in [1.807, 2.05) is 36.5 Å². The van der Waals surface area contributed by atoms with E-state index < -0.39 is 0 Å². The highest BCUT2D eigenvalue weighted by molar-refractivity contribution is 5.76. The molecule has 7 nitrogen and oxygen atoms in total. The summed E-state index contributed by atoms with van der Waals surface area (Å²) in [7, 11) is 1.65. The molecule has 0 aliphatic heterocycles. The summed E-state index contributed by atoms with van der Waals surface area (Å²) < 4.78 is 7.05. The summed E-state index contributed by atoms with van der Waals surface area (Å²) in [5, 5.41) is 7.77. The van der Waals surface area contributed by atoms with E-state index in [-0.39, 0.29) is 0 Å². The van der Waals surface area contributed by atoms with Crippen LogP contribution < -0.4 is 21.5 Å². The van der Waals surface area contributed by atoms with Gasteiger partial charge in [0.2, 0.25) is 0 Å². The number of hydrogen-bond acceptors (Lipinski definition) is 6. The second-order valence-electron chi connectivity index (χ2n) is 6.89. The van der Waals surface area contributed by atoms with Crippen LogP contribution in [0.4, 0.5) is 17.2 Å². The summed E-state index contributed by atoms with van der Waals surface area (Å²) in [6.45, 7) is 0. The number of ether oxygens (including phenoxy) is 1. The summed E-state index contributed by atoms with van der Waals surface area (Å²) in [6.07, 6.45) is 6.22. The lowest BCUT2D eigenvalue weighted by atomic mass is 9.85. The smallest absolute Gasteiger partial charge is 0.177 e. The zero-order chi connectivity index (χ0) is 18.1. The molecule has 4 rings (SSSR count). The van der Waals surface area contributed by atoms with Crippen LogP contribution in [0.5, 0.6) is 5.75 Å². The minimum atomic E-state index is 0.322. The van der Waals surface area contributed by atoms with Gasteiger partial charge in [0.25, 0.3) is 0 Å². The Bertz CT molecular complexity index is 914. The predicted molar refractivity (Wildman–Crippen MR) is 103 cm³/mol. The summed E-state index contributed by atoms with van der Waals surface area (Å²) in [5.74, 6) is 1.66. The van der Waals surface area contributed by atoms with Crippen LogP contribution in [0.2, 0.25) is 0 Å². The average molecular weight is 352 g/mol. The van der Waals surface area contributed by atoms with Crippen molar-refractivity contribution >= 4 is 22.8 Å². The van der Waals surface area contributed by atoms with Crippen molar-refractivity contribution in [2.24, 2.45) is 5.73 Å². The number of anilines is 3. The average Bonchev–Trinajstić information content (AvgIpc) is 3.06. The molecule has 1 aliphatic rings. The Morgan fingerprint density at radius 3 is 2.77 bits per heavy atom. The van der Waals surface area contributed by atoms with E-state index in [1.165, 1.54) is 0 Å². The quantitative estimate of drug-likeness (QED) is 0.667. The molecule has 1 saturated carbocycles. The molecular formula is C19H24N6O. The molecule has 1 aliphatic carbocycles. The van der Waals surface area contributed by atoms with Crippen molar-refractivity contribution in [1.29, 1.82) is 0 Å². The highest BCUT2D eigenvalue weighted by Crippen LogP contribution is 2.33. The lowest BCUT2D eigenvalue weighted by Crippen LogP contribution is -2.25. The molecule has 1 aromatic carbocycles. The maximum atomic E-state index is 6.03. The molecule has 7 heteroatoms. The number of methoxy groups -OCH3 is 1. The van der Waals surface area contributed by atoms with E-state index in [2.05, 4.69) is 10.4 Å². The molecule has 0 amide bonds. The largest absolute Gasteiger partial charge is 0.497 e. The van der Waals surface area contributed by atoms with Gasteiger partial charge in [-0.25, -0.2) is 9.50 Å². The fourth-order valence-electron chi connectivity index (χ4n) is 3.57. The van der Waals surface area contributed by atoms with Crippen molar-refractivity contribution in [1.82, 2.24) is 14.6 Å². The first kappa shape index (κ1) is 16.7. The van der Waals surface area contributed by atoms with Crippen LogP contribution >= 0.6 is 0 Å².